The molecule has 1 amide bonds. The maximum Gasteiger partial charge on any atom is 0.256 e. The topological polar surface area (TPSA) is 33.2 Å². The number of nitrogens with zero attached hydrogens (tertiary/aromatic N) is 2. The molecule has 0 unspecified atom stereocenters. The van der Waals surface area contributed by atoms with E-state index in [9.17, 15) is 13.6 Å². The van der Waals surface area contributed by atoms with Crippen molar-refractivity contribution < 1.29 is 13.6 Å². The van der Waals surface area contributed by atoms with Crippen molar-refractivity contribution in [1.82, 2.24) is 9.88 Å². The van der Waals surface area contributed by atoms with E-state index in [1.807, 2.05) is 0 Å². The number of hydrogen-bond acceptors (Lipinski definition) is 2. The van der Waals surface area contributed by atoms with Gasteiger partial charge in [0.1, 0.15) is 4.60 Å². The molecule has 3 nitrogen and oxygen atoms in total. The number of amides is 1. The summed E-state index contributed by atoms with van der Waals surface area (Å²) < 4.78 is 24.4. The van der Waals surface area contributed by atoms with Gasteiger partial charge in [0.15, 0.2) is 0 Å². The Morgan fingerprint density at radius 2 is 2.33 bits per heavy atom. The molecular formula is C9H9BrF2N2O. The molecule has 1 aromatic rings. The van der Waals surface area contributed by atoms with Crippen LogP contribution in [-0.4, -0.2) is 35.8 Å². The third-order valence-electron chi connectivity index (χ3n) is 1.75. The molecule has 0 bridgehead atoms. The summed E-state index contributed by atoms with van der Waals surface area (Å²) in [4.78, 5) is 16.4. The molecule has 15 heavy (non-hydrogen) atoms. The highest BCUT2D eigenvalue weighted by atomic mass is 79.9. The highest BCUT2D eigenvalue weighted by Crippen LogP contribution is 2.14. The fourth-order valence-corrected chi connectivity index (χ4v) is 1.46. The van der Waals surface area contributed by atoms with Crippen LogP contribution in [0.3, 0.4) is 0 Å². The van der Waals surface area contributed by atoms with Gasteiger partial charge in [0.05, 0.1) is 12.1 Å². The van der Waals surface area contributed by atoms with E-state index in [0.717, 1.165) is 4.90 Å². The highest BCUT2D eigenvalue weighted by Gasteiger charge is 2.17. The summed E-state index contributed by atoms with van der Waals surface area (Å²) in [6, 6.07) is 3.11. The second-order valence-corrected chi connectivity index (χ2v) is 3.67. The van der Waals surface area contributed by atoms with E-state index in [1.54, 1.807) is 6.07 Å². The van der Waals surface area contributed by atoms with Gasteiger partial charge in [-0.25, -0.2) is 13.8 Å². The van der Waals surface area contributed by atoms with Crippen LogP contribution >= 0.6 is 15.9 Å². The number of halogens is 3. The zero-order valence-electron chi connectivity index (χ0n) is 7.95. The normalized spacial score (nSPS) is 10.5. The van der Waals surface area contributed by atoms with Gasteiger partial charge in [-0.15, -0.1) is 0 Å². The lowest BCUT2D eigenvalue weighted by Gasteiger charge is -2.16. The van der Waals surface area contributed by atoms with Crippen molar-refractivity contribution in [3.8, 4) is 0 Å². The van der Waals surface area contributed by atoms with Gasteiger partial charge in [-0.3, -0.25) is 4.79 Å². The van der Waals surface area contributed by atoms with Gasteiger partial charge in [0.25, 0.3) is 12.3 Å². The van der Waals surface area contributed by atoms with Crippen LogP contribution in [-0.2, 0) is 0 Å². The van der Waals surface area contributed by atoms with Crippen LogP contribution in [0.2, 0.25) is 0 Å². The minimum Gasteiger partial charge on any atom is -0.336 e. The van der Waals surface area contributed by atoms with Gasteiger partial charge in [-0.05, 0) is 28.1 Å². The van der Waals surface area contributed by atoms with Gasteiger partial charge in [-0.1, -0.05) is 0 Å². The molecule has 0 N–H and O–H groups in total. The summed E-state index contributed by atoms with van der Waals surface area (Å²) in [6.45, 7) is -0.583. The van der Waals surface area contributed by atoms with Crippen molar-refractivity contribution in [2.75, 3.05) is 13.6 Å². The van der Waals surface area contributed by atoms with E-state index in [0.29, 0.717) is 4.60 Å². The van der Waals surface area contributed by atoms with Gasteiger partial charge in [0, 0.05) is 13.2 Å². The van der Waals surface area contributed by atoms with Crippen LogP contribution in [0.4, 0.5) is 8.78 Å². The van der Waals surface area contributed by atoms with Gasteiger partial charge < -0.3 is 4.90 Å². The predicted molar refractivity (Wildman–Crippen MR) is 54.9 cm³/mol. The van der Waals surface area contributed by atoms with E-state index < -0.39 is 18.9 Å². The second kappa shape index (κ2) is 5.16. The first-order valence-corrected chi connectivity index (χ1v) is 4.95. The summed E-state index contributed by atoms with van der Waals surface area (Å²) in [5, 5.41) is 0. The van der Waals surface area contributed by atoms with Crippen molar-refractivity contribution in [2.24, 2.45) is 0 Å². The highest BCUT2D eigenvalue weighted by molar-refractivity contribution is 9.10. The first kappa shape index (κ1) is 12.0. The SMILES string of the molecule is CN(CC(F)F)C(=O)c1cccnc1Br. The average Bonchev–Trinajstić information content (AvgIpc) is 2.16. The summed E-state index contributed by atoms with van der Waals surface area (Å²) in [7, 11) is 1.33. The molecule has 6 heteroatoms. The van der Waals surface area contributed by atoms with Crippen molar-refractivity contribution in [2.45, 2.75) is 6.43 Å². The molecule has 0 saturated heterocycles. The molecule has 0 spiro atoms. The summed E-state index contributed by atoms with van der Waals surface area (Å²) in [6.07, 6.45) is -1.03. The first-order chi connectivity index (χ1) is 7.02. The smallest absolute Gasteiger partial charge is 0.256 e. The molecule has 0 aliphatic carbocycles. The van der Waals surface area contributed by atoms with Crippen molar-refractivity contribution >= 4 is 21.8 Å². The van der Waals surface area contributed by atoms with E-state index in [-0.39, 0.29) is 5.56 Å². The number of rotatable bonds is 3. The number of pyridine rings is 1. The molecule has 0 aliphatic heterocycles. The number of aromatic nitrogens is 1. The predicted octanol–water partition coefficient (Wildman–Crippen LogP) is 2.18. The quantitative estimate of drug-likeness (QED) is 0.794. The summed E-state index contributed by atoms with van der Waals surface area (Å²) in [5.74, 6) is -0.477. The maximum atomic E-state index is 12.0. The Hall–Kier alpha value is -1.04. The third kappa shape index (κ3) is 3.23. The lowest BCUT2D eigenvalue weighted by Crippen LogP contribution is -2.31. The van der Waals surface area contributed by atoms with Crippen molar-refractivity contribution in [3.63, 3.8) is 0 Å². The molecule has 0 aliphatic rings. The van der Waals surface area contributed by atoms with E-state index in [4.69, 9.17) is 0 Å². The standard InChI is InChI=1S/C9H9BrF2N2O/c1-14(5-7(11)12)9(15)6-3-2-4-13-8(6)10/h2-4,7H,5H2,1H3. The average molecular weight is 279 g/mol. The molecule has 1 aromatic heterocycles. The summed E-state index contributed by atoms with van der Waals surface area (Å²) >= 11 is 3.09. The third-order valence-corrected chi connectivity index (χ3v) is 2.38. The van der Waals surface area contributed by atoms with E-state index >= 15 is 0 Å². The van der Waals surface area contributed by atoms with E-state index in [1.165, 1.54) is 19.3 Å². The molecule has 1 heterocycles. The molecule has 0 atom stereocenters. The molecule has 0 saturated carbocycles. The Bertz CT molecular complexity index is 360. The van der Waals surface area contributed by atoms with Crippen LogP contribution in [0.15, 0.2) is 22.9 Å². The minimum absolute atomic E-state index is 0.278. The lowest BCUT2D eigenvalue weighted by atomic mass is 10.2. The molecule has 0 fully saturated rings. The Labute approximate surface area is 94.2 Å². The molecule has 0 aromatic carbocycles. The Morgan fingerprint density at radius 3 is 2.87 bits per heavy atom. The van der Waals surface area contributed by atoms with Crippen LogP contribution in [0.5, 0.6) is 0 Å². The van der Waals surface area contributed by atoms with Gasteiger partial charge in [-0.2, -0.15) is 0 Å². The van der Waals surface area contributed by atoms with Crippen molar-refractivity contribution in [3.05, 3.63) is 28.5 Å². The first-order valence-electron chi connectivity index (χ1n) is 4.16. The van der Waals surface area contributed by atoms with Gasteiger partial charge in [0.2, 0.25) is 0 Å². The fourth-order valence-electron chi connectivity index (χ4n) is 1.04. The van der Waals surface area contributed by atoms with Crippen LogP contribution < -0.4 is 0 Å². The number of hydrogen-bond donors (Lipinski definition) is 0. The Morgan fingerprint density at radius 1 is 1.67 bits per heavy atom. The lowest BCUT2D eigenvalue weighted by molar-refractivity contribution is 0.0619. The largest absolute Gasteiger partial charge is 0.336 e. The second-order valence-electron chi connectivity index (χ2n) is 2.92. The molecular weight excluding hydrogens is 270 g/mol. The maximum absolute atomic E-state index is 12.0. The van der Waals surface area contributed by atoms with E-state index in [2.05, 4.69) is 20.9 Å². The van der Waals surface area contributed by atoms with Crippen molar-refractivity contribution in [1.29, 1.82) is 0 Å². The monoisotopic (exact) mass is 278 g/mol. The fraction of sp³-hybridized carbons (Fsp3) is 0.333. The molecule has 0 radical (unpaired) electrons. The minimum atomic E-state index is -2.53. The number of carbonyl (C=O) groups is 1. The zero-order valence-corrected chi connectivity index (χ0v) is 9.54. The molecule has 82 valence electrons. The number of carbonyl (C=O) groups excluding carboxylic acids is 1. The van der Waals surface area contributed by atoms with Crippen LogP contribution in [0, 0.1) is 0 Å². The van der Waals surface area contributed by atoms with Gasteiger partial charge >= 0.3 is 0 Å². The van der Waals surface area contributed by atoms with Crippen LogP contribution in [0.25, 0.3) is 0 Å². The zero-order chi connectivity index (χ0) is 11.4. The number of alkyl halides is 2. The molecule has 1 rings (SSSR count). The Balaban J connectivity index is 2.81. The summed E-state index contributed by atoms with van der Waals surface area (Å²) in [5.41, 5.74) is 0.278. The Kier molecular flexibility index (Phi) is 4.14. The van der Waals surface area contributed by atoms with Crippen LogP contribution in [0.1, 0.15) is 10.4 Å².